The van der Waals surface area contributed by atoms with Crippen LogP contribution in [0.3, 0.4) is 0 Å². The summed E-state index contributed by atoms with van der Waals surface area (Å²) in [4.78, 5) is 31.1. The van der Waals surface area contributed by atoms with Crippen molar-refractivity contribution in [3.63, 3.8) is 0 Å². The quantitative estimate of drug-likeness (QED) is 0.186. The number of rotatable bonds is 9. The maximum absolute atomic E-state index is 13.7. The summed E-state index contributed by atoms with van der Waals surface area (Å²) in [6.45, 7) is 11.8. The van der Waals surface area contributed by atoms with Gasteiger partial charge < -0.3 is 19.5 Å². The van der Waals surface area contributed by atoms with Crippen molar-refractivity contribution >= 4 is 28.8 Å². The van der Waals surface area contributed by atoms with Gasteiger partial charge in [0.05, 0.1) is 31.5 Å². The summed E-state index contributed by atoms with van der Waals surface area (Å²) in [7, 11) is 3.14. The molecular formula is C33H38N2O5. The Morgan fingerprint density at radius 2 is 1.57 bits per heavy atom. The normalized spacial score (nSPS) is 16.5. The van der Waals surface area contributed by atoms with Crippen LogP contribution < -0.4 is 19.3 Å². The molecule has 0 bridgehead atoms. The third-order valence-electron chi connectivity index (χ3n) is 7.58. The molecule has 0 radical (unpaired) electrons. The topological polar surface area (TPSA) is 79.3 Å². The Morgan fingerprint density at radius 3 is 2.15 bits per heavy atom. The second-order valence-electron chi connectivity index (χ2n) is 10.2. The number of nitrogens with zero attached hydrogens (tertiary/aromatic N) is 2. The zero-order valence-electron chi connectivity index (χ0n) is 24.3. The van der Waals surface area contributed by atoms with E-state index in [1.54, 1.807) is 31.4 Å². The van der Waals surface area contributed by atoms with Crippen molar-refractivity contribution < 1.29 is 24.2 Å². The Hall–Kier alpha value is -4.26. The fourth-order valence-electron chi connectivity index (χ4n) is 5.41. The van der Waals surface area contributed by atoms with Gasteiger partial charge in [-0.05, 0) is 79.8 Å². The summed E-state index contributed by atoms with van der Waals surface area (Å²) in [5.74, 6) is -0.405. The van der Waals surface area contributed by atoms with E-state index in [0.29, 0.717) is 28.3 Å². The molecule has 0 aliphatic carbocycles. The van der Waals surface area contributed by atoms with E-state index in [-0.39, 0.29) is 17.3 Å². The molecule has 210 valence electrons. The molecule has 3 aromatic carbocycles. The zero-order valence-corrected chi connectivity index (χ0v) is 24.3. The van der Waals surface area contributed by atoms with Gasteiger partial charge in [0.25, 0.3) is 11.7 Å². The predicted molar refractivity (Wildman–Crippen MR) is 160 cm³/mol. The van der Waals surface area contributed by atoms with Gasteiger partial charge in [-0.1, -0.05) is 38.1 Å². The van der Waals surface area contributed by atoms with E-state index in [1.165, 1.54) is 12.0 Å². The number of aliphatic hydroxyl groups excluding tert-OH is 1. The van der Waals surface area contributed by atoms with Gasteiger partial charge in [-0.25, -0.2) is 0 Å². The van der Waals surface area contributed by atoms with Gasteiger partial charge in [-0.3, -0.25) is 14.5 Å². The number of hydrogen-bond donors (Lipinski definition) is 1. The van der Waals surface area contributed by atoms with Crippen molar-refractivity contribution in [1.82, 2.24) is 0 Å². The summed E-state index contributed by atoms with van der Waals surface area (Å²) in [6.07, 6.45) is 0. The van der Waals surface area contributed by atoms with Crippen LogP contribution in [-0.4, -0.2) is 44.1 Å². The minimum Gasteiger partial charge on any atom is -0.507 e. The Kier molecular flexibility index (Phi) is 8.52. The first-order chi connectivity index (χ1) is 19.2. The number of hydrogen-bond acceptors (Lipinski definition) is 6. The molecule has 0 spiro atoms. The van der Waals surface area contributed by atoms with Crippen LogP contribution in [0.5, 0.6) is 11.5 Å². The molecule has 3 aromatic rings. The summed E-state index contributed by atoms with van der Waals surface area (Å²) < 4.78 is 11.1. The number of ether oxygens (including phenoxy) is 2. The van der Waals surface area contributed by atoms with E-state index in [1.807, 2.05) is 57.2 Å². The van der Waals surface area contributed by atoms with Gasteiger partial charge in [0.15, 0.2) is 0 Å². The van der Waals surface area contributed by atoms with Crippen molar-refractivity contribution in [2.45, 2.75) is 46.6 Å². The number of ketones is 1. The van der Waals surface area contributed by atoms with Crippen LogP contribution in [0, 0.1) is 6.92 Å². The van der Waals surface area contributed by atoms with E-state index in [9.17, 15) is 14.7 Å². The summed E-state index contributed by atoms with van der Waals surface area (Å²) in [5, 5.41) is 11.8. The summed E-state index contributed by atoms with van der Waals surface area (Å²) >= 11 is 0. The van der Waals surface area contributed by atoms with Crippen LogP contribution in [0.2, 0.25) is 0 Å². The number of benzene rings is 3. The number of carbonyl (C=O) groups excluding carboxylic acids is 2. The molecule has 1 N–H and O–H groups in total. The molecule has 1 saturated heterocycles. The number of anilines is 2. The highest BCUT2D eigenvalue weighted by molar-refractivity contribution is 6.52. The van der Waals surface area contributed by atoms with Crippen molar-refractivity contribution in [3.05, 3.63) is 88.5 Å². The molecule has 0 aromatic heterocycles. The highest BCUT2D eigenvalue weighted by Gasteiger charge is 2.48. The number of aliphatic hydroxyl groups is 1. The van der Waals surface area contributed by atoms with Crippen LogP contribution in [0.25, 0.3) is 5.76 Å². The fraction of sp³-hybridized carbons (Fsp3) is 0.333. The third-order valence-corrected chi connectivity index (χ3v) is 7.58. The van der Waals surface area contributed by atoms with Gasteiger partial charge in [0, 0.05) is 24.3 Å². The molecular weight excluding hydrogens is 504 g/mol. The molecule has 1 atom stereocenters. The zero-order chi connectivity index (χ0) is 29.1. The minimum atomic E-state index is -0.856. The van der Waals surface area contributed by atoms with Crippen molar-refractivity contribution in [2.75, 3.05) is 37.1 Å². The molecule has 1 fully saturated rings. The van der Waals surface area contributed by atoms with E-state index >= 15 is 0 Å². The Morgan fingerprint density at radius 1 is 0.950 bits per heavy atom. The average molecular weight is 543 g/mol. The number of para-hydroxylation sites is 2. The lowest BCUT2D eigenvalue weighted by atomic mass is 9.91. The maximum Gasteiger partial charge on any atom is 0.300 e. The Labute approximate surface area is 236 Å². The van der Waals surface area contributed by atoms with Gasteiger partial charge in [0.2, 0.25) is 0 Å². The molecule has 4 rings (SSSR count). The first-order valence-corrected chi connectivity index (χ1v) is 13.7. The summed E-state index contributed by atoms with van der Waals surface area (Å²) in [6, 6.07) is 17.8. The smallest absolute Gasteiger partial charge is 0.300 e. The van der Waals surface area contributed by atoms with Crippen molar-refractivity contribution in [2.24, 2.45) is 0 Å². The van der Waals surface area contributed by atoms with Crippen LogP contribution in [0.15, 0.2) is 66.2 Å². The molecule has 7 nitrogen and oxygen atoms in total. The first kappa shape index (κ1) is 28.7. The van der Waals surface area contributed by atoms with Gasteiger partial charge in [-0.15, -0.1) is 0 Å². The van der Waals surface area contributed by atoms with Crippen LogP contribution in [0.1, 0.15) is 61.9 Å². The van der Waals surface area contributed by atoms with Crippen LogP contribution in [-0.2, 0) is 9.59 Å². The largest absolute Gasteiger partial charge is 0.507 e. The van der Waals surface area contributed by atoms with E-state index in [2.05, 4.69) is 18.7 Å². The number of Topliss-reactive ketones (excluding diaryl/α,β-unsaturated/α-hetero) is 1. The SMILES string of the molecule is CCN(CC)c1ccc(C2/C(=C(\O)c3cc(C(C)C)c(OC)cc3C)C(=O)C(=O)N2c2ccccc2OC)cc1. The number of methoxy groups -OCH3 is 2. The fourth-order valence-corrected chi connectivity index (χ4v) is 5.41. The lowest BCUT2D eigenvalue weighted by Gasteiger charge is -2.28. The van der Waals surface area contributed by atoms with Crippen LogP contribution >= 0.6 is 0 Å². The molecule has 0 saturated carbocycles. The molecule has 7 heteroatoms. The molecule has 1 unspecified atom stereocenters. The third kappa shape index (κ3) is 5.04. The summed E-state index contributed by atoms with van der Waals surface area (Å²) in [5.41, 5.74) is 4.36. The average Bonchev–Trinajstić information content (AvgIpc) is 3.23. The lowest BCUT2D eigenvalue weighted by Crippen LogP contribution is -2.30. The molecule has 1 aliphatic rings. The highest BCUT2D eigenvalue weighted by atomic mass is 16.5. The standard InChI is InChI=1S/C33H38N2O5/c1-8-34(9-2)23-16-14-22(15-17-23)30-29(31(36)25-19-24(20(3)4)28(40-7)18-21(25)5)32(37)33(38)35(30)26-12-10-11-13-27(26)39-6/h10-20,30,36H,8-9H2,1-7H3/b31-29+. The molecule has 1 amide bonds. The van der Waals surface area contributed by atoms with Gasteiger partial charge in [-0.2, -0.15) is 0 Å². The van der Waals surface area contributed by atoms with Crippen LogP contribution in [0.4, 0.5) is 11.4 Å². The molecule has 1 heterocycles. The second kappa shape index (κ2) is 11.9. The Balaban J connectivity index is 1.98. The van der Waals surface area contributed by atoms with Gasteiger partial charge in [0.1, 0.15) is 17.3 Å². The number of aryl methyl sites for hydroxylation is 1. The molecule has 40 heavy (non-hydrogen) atoms. The number of amides is 1. The van der Waals surface area contributed by atoms with Crippen molar-refractivity contribution in [1.29, 1.82) is 0 Å². The van der Waals surface area contributed by atoms with E-state index in [0.717, 1.165) is 29.9 Å². The number of carbonyl (C=O) groups is 2. The predicted octanol–water partition coefficient (Wildman–Crippen LogP) is 6.61. The second-order valence-corrected chi connectivity index (χ2v) is 10.2. The lowest BCUT2D eigenvalue weighted by molar-refractivity contribution is -0.132. The monoisotopic (exact) mass is 542 g/mol. The van der Waals surface area contributed by atoms with Gasteiger partial charge >= 0.3 is 0 Å². The van der Waals surface area contributed by atoms with Crippen molar-refractivity contribution in [3.8, 4) is 11.5 Å². The van der Waals surface area contributed by atoms with E-state index in [4.69, 9.17) is 9.47 Å². The Bertz CT molecular complexity index is 1440. The minimum absolute atomic E-state index is 0.0365. The first-order valence-electron chi connectivity index (χ1n) is 13.7. The molecule has 1 aliphatic heterocycles. The maximum atomic E-state index is 13.7. The van der Waals surface area contributed by atoms with E-state index < -0.39 is 17.7 Å². The highest BCUT2D eigenvalue weighted by Crippen LogP contribution is 2.46.